The Bertz CT molecular complexity index is 1180. The van der Waals surface area contributed by atoms with Crippen molar-refractivity contribution in [3.8, 4) is 5.69 Å². The van der Waals surface area contributed by atoms with Crippen LogP contribution in [0.3, 0.4) is 0 Å². The van der Waals surface area contributed by atoms with Crippen LogP contribution >= 0.6 is 0 Å². The van der Waals surface area contributed by atoms with E-state index >= 15 is 0 Å². The lowest BCUT2D eigenvalue weighted by Crippen LogP contribution is -2.24. The van der Waals surface area contributed by atoms with Gasteiger partial charge in [0.1, 0.15) is 5.82 Å². The standard InChI is InChI=1S/C19H13N5O4/c20-16-15-13(18(27)23-19(15)28)8-14(25)24(16)12-5-3-11(4-6-12)22-17(26)10-2-1-7-21-9-10/h1-9H,20H2,(H,22,26)(H,23,27,28). The van der Waals surface area contributed by atoms with Gasteiger partial charge in [0.05, 0.1) is 22.4 Å². The van der Waals surface area contributed by atoms with Gasteiger partial charge in [0.25, 0.3) is 23.3 Å². The van der Waals surface area contributed by atoms with Gasteiger partial charge in [0.2, 0.25) is 0 Å². The van der Waals surface area contributed by atoms with Gasteiger partial charge in [-0.05, 0) is 36.4 Å². The number of nitrogens with zero attached hydrogens (tertiary/aromatic N) is 2. The van der Waals surface area contributed by atoms with Gasteiger partial charge in [-0.1, -0.05) is 0 Å². The molecule has 0 aliphatic carbocycles. The molecule has 138 valence electrons. The molecule has 1 aliphatic heterocycles. The zero-order valence-corrected chi connectivity index (χ0v) is 14.3. The van der Waals surface area contributed by atoms with Crippen LogP contribution < -0.4 is 21.9 Å². The lowest BCUT2D eigenvalue weighted by molar-refractivity contribution is 0.0879. The summed E-state index contributed by atoms with van der Waals surface area (Å²) in [5.41, 5.74) is 6.66. The minimum absolute atomic E-state index is 0.0291. The topological polar surface area (TPSA) is 136 Å². The number of imide groups is 1. The van der Waals surface area contributed by atoms with Gasteiger partial charge in [-0.2, -0.15) is 0 Å². The molecule has 4 N–H and O–H groups in total. The number of fused-ring (bicyclic) bond motifs is 1. The maximum Gasteiger partial charge on any atom is 0.262 e. The molecule has 28 heavy (non-hydrogen) atoms. The number of nitrogen functional groups attached to an aromatic ring is 1. The maximum absolute atomic E-state index is 12.4. The summed E-state index contributed by atoms with van der Waals surface area (Å²) in [6, 6.07) is 10.7. The highest BCUT2D eigenvalue weighted by molar-refractivity contribution is 6.23. The normalized spacial score (nSPS) is 12.4. The molecule has 0 fully saturated rings. The van der Waals surface area contributed by atoms with Crippen molar-refractivity contribution in [2.24, 2.45) is 0 Å². The van der Waals surface area contributed by atoms with Crippen LogP contribution in [0, 0.1) is 0 Å². The second-order valence-corrected chi connectivity index (χ2v) is 6.02. The molecule has 2 aromatic heterocycles. The zero-order chi connectivity index (χ0) is 19.8. The summed E-state index contributed by atoms with van der Waals surface area (Å²) >= 11 is 0. The highest BCUT2D eigenvalue weighted by Crippen LogP contribution is 2.23. The fraction of sp³-hybridized carbons (Fsp3) is 0. The van der Waals surface area contributed by atoms with Crippen molar-refractivity contribution in [3.63, 3.8) is 0 Å². The van der Waals surface area contributed by atoms with Crippen LogP contribution in [0.15, 0.2) is 59.7 Å². The molecule has 0 spiro atoms. The van der Waals surface area contributed by atoms with E-state index < -0.39 is 17.4 Å². The molecular weight excluding hydrogens is 362 g/mol. The van der Waals surface area contributed by atoms with Crippen LogP contribution in [0.25, 0.3) is 5.69 Å². The minimum atomic E-state index is -0.649. The van der Waals surface area contributed by atoms with Crippen LogP contribution in [0.1, 0.15) is 31.1 Å². The summed E-state index contributed by atoms with van der Waals surface area (Å²) in [5.74, 6) is -1.75. The molecule has 3 aromatic rings. The SMILES string of the molecule is Nc1c2c(cc(=O)n1-c1ccc(NC(=O)c3cccnc3)cc1)C(=O)NC2=O. The maximum atomic E-state index is 12.4. The van der Waals surface area contributed by atoms with Crippen LogP contribution in [-0.4, -0.2) is 27.3 Å². The van der Waals surface area contributed by atoms with Crippen molar-refractivity contribution in [3.05, 3.63) is 81.9 Å². The van der Waals surface area contributed by atoms with E-state index in [0.717, 1.165) is 10.6 Å². The third-order valence-electron chi connectivity index (χ3n) is 4.26. The Balaban J connectivity index is 1.66. The summed E-state index contributed by atoms with van der Waals surface area (Å²) in [7, 11) is 0. The Labute approximate surface area is 157 Å². The molecule has 3 heterocycles. The molecule has 9 nitrogen and oxygen atoms in total. The number of amides is 3. The molecule has 0 unspecified atom stereocenters. The molecule has 3 amide bonds. The Hall–Kier alpha value is -4.27. The lowest BCUT2D eigenvalue weighted by atomic mass is 10.1. The van der Waals surface area contributed by atoms with E-state index in [2.05, 4.69) is 15.6 Å². The van der Waals surface area contributed by atoms with E-state index in [-0.39, 0.29) is 22.9 Å². The fourth-order valence-electron chi connectivity index (χ4n) is 2.94. The molecule has 0 saturated heterocycles. The molecule has 0 radical (unpaired) electrons. The number of benzene rings is 1. The van der Waals surface area contributed by atoms with Crippen molar-refractivity contribution in [1.82, 2.24) is 14.9 Å². The predicted molar refractivity (Wildman–Crippen MR) is 100 cm³/mol. The largest absolute Gasteiger partial charge is 0.384 e. The molecule has 1 aromatic carbocycles. The number of carbonyl (C=O) groups excluding carboxylic acids is 3. The number of hydrogen-bond acceptors (Lipinski definition) is 6. The number of nitrogens with one attached hydrogen (secondary N) is 2. The van der Waals surface area contributed by atoms with Crippen molar-refractivity contribution in [1.29, 1.82) is 0 Å². The first-order chi connectivity index (χ1) is 13.5. The van der Waals surface area contributed by atoms with Gasteiger partial charge < -0.3 is 11.1 Å². The molecule has 9 heteroatoms. The number of nitrogens with two attached hydrogens (primary N) is 1. The van der Waals surface area contributed by atoms with Crippen LogP contribution in [-0.2, 0) is 0 Å². The number of rotatable bonds is 3. The van der Waals surface area contributed by atoms with E-state index in [1.807, 2.05) is 0 Å². The first kappa shape index (κ1) is 17.2. The fourth-order valence-corrected chi connectivity index (χ4v) is 2.94. The first-order valence-corrected chi connectivity index (χ1v) is 8.19. The quantitative estimate of drug-likeness (QED) is 0.583. The summed E-state index contributed by atoms with van der Waals surface area (Å²) in [4.78, 5) is 52.1. The Kier molecular flexibility index (Phi) is 3.96. The zero-order valence-electron chi connectivity index (χ0n) is 14.3. The third kappa shape index (κ3) is 2.80. The van der Waals surface area contributed by atoms with Gasteiger partial charge in [0.15, 0.2) is 0 Å². The monoisotopic (exact) mass is 375 g/mol. The average Bonchev–Trinajstić information content (AvgIpc) is 2.97. The van der Waals surface area contributed by atoms with E-state index in [4.69, 9.17) is 5.73 Å². The summed E-state index contributed by atoms with van der Waals surface area (Å²) in [5, 5.41) is 4.83. The number of carbonyl (C=O) groups is 3. The van der Waals surface area contributed by atoms with E-state index in [1.165, 1.54) is 6.20 Å². The number of pyridine rings is 2. The Morgan fingerprint density at radius 3 is 2.50 bits per heavy atom. The van der Waals surface area contributed by atoms with Gasteiger partial charge in [-0.15, -0.1) is 0 Å². The average molecular weight is 375 g/mol. The Morgan fingerprint density at radius 2 is 1.82 bits per heavy atom. The number of aromatic nitrogens is 2. The smallest absolute Gasteiger partial charge is 0.262 e. The van der Waals surface area contributed by atoms with Crippen molar-refractivity contribution >= 4 is 29.2 Å². The van der Waals surface area contributed by atoms with E-state index in [0.29, 0.717) is 16.9 Å². The highest BCUT2D eigenvalue weighted by Gasteiger charge is 2.31. The summed E-state index contributed by atoms with van der Waals surface area (Å²) < 4.78 is 1.13. The first-order valence-electron chi connectivity index (χ1n) is 8.19. The van der Waals surface area contributed by atoms with Crippen molar-refractivity contribution in [2.45, 2.75) is 0 Å². The van der Waals surface area contributed by atoms with Crippen LogP contribution in [0.2, 0.25) is 0 Å². The highest BCUT2D eigenvalue weighted by atomic mass is 16.2. The van der Waals surface area contributed by atoms with Gasteiger partial charge in [0, 0.05) is 24.1 Å². The molecule has 0 saturated carbocycles. The van der Waals surface area contributed by atoms with Gasteiger partial charge >= 0.3 is 0 Å². The number of hydrogen-bond donors (Lipinski definition) is 3. The molecular formula is C19H13N5O4. The second kappa shape index (κ2) is 6.47. The van der Waals surface area contributed by atoms with E-state index in [9.17, 15) is 19.2 Å². The Morgan fingerprint density at radius 1 is 1.07 bits per heavy atom. The minimum Gasteiger partial charge on any atom is -0.384 e. The third-order valence-corrected chi connectivity index (χ3v) is 4.26. The summed E-state index contributed by atoms with van der Waals surface area (Å²) in [6.45, 7) is 0. The molecule has 1 aliphatic rings. The van der Waals surface area contributed by atoms with Crippen molar-refractivity contribution in [2.75, 3.05) is 11.1 Å². The van der Waals surface area contributed by atoms with Gasteiger partial charge in [-0.3, -0.25) is 34.0 Å². The van der Waals surface area contributed by atoms with Gasteiger partial charge in [-0.25, -0.2) is 0 Å². The molecule has 0 bridgehead atoms. The summed E-state index contributed by atoms with van der Waals surface area (Å²) in [6.07, 6.45) is 3.01. The molecule has 4 rings (SSSR count). The second-order valence-electron chi connectivity index (χ2n) is 6.02. The van der Waals surface area contributed by atoms with E-state index in [1.54, 1.807) is 42.6 Å². The van der Waals surface area contributed by atoms with Crippen LogP contribution in [0.4, 0.5) is 11.5 Å². The predicted octanol–water partition coefficient (Wildman–Crippen LogP) is 0.951. The van der Waals surface area contributed by atoms with Crippen molar-refractivity contribution < 1.29 is 14.4 Å². The lowest BCUT2D eigenvalue weighted by Gasteiger charge is -2.12. The molecule has 0 atom stereocenters. The van der Waals surface area contributed by atoms with Crippen LogP contribution in [0.5, 0.6) is 0 Å². The number of anilines is 2.